The maximum atomic E-state index is 13.4. The molecule has 0 atom stereocenters. The van der Waals surface area contributed by atoms with E-state index in [0.29, 0.717) is 12.4 Å². The Hall–Kier alpha value is -2.12. The summed E-state index contributed by atoms with van der Waals surface area (Å²) < 4.78 is 53.3. The lowest BCUT2D eigenvalue weighted by molar-refractivity contribution is -0.140. The number of halogens is 4. The second-order valence-electron chi connectivity index (χ2n) is 4.08. The molecular formula is C12H12F4N4. The fourth-order valence-corrected chi connectivity index (χ4v) is 1.75. The molecule has 108 valence electrons. The molecule has 0 aliphatic carbocycles. The molecule has 0 aliphatic heterocycles. The van der Waals surface area contributed by atoms with Gasteiger partial charge in [0.2, 0.25) is 0 Å². The third-order valence-electron chi connectivity index (χ3n) is 2.71. The minimum atomic E-state index is -4.73. The van der Waals surface area contributed by atoms with Crippen molar-refractivity contribution in [2.45, 2.75) is 26.2 Å². The summed E-state index contributed by atoms with van der Waals surface area (Å²) in [7, 11) is 0. The standard InChI is InChI=1S/C12H12F4N4/c1-2-20-7-10(18-19-20)17-6-8-4-3-5-9(13)11(8)12(14,15)16/h3-5,7,17H,2,6H2,1H3. The van der Waals surface area contributed by atoms with Crippen LogP contribution in [0.5, 0.6) is 0 Å². The van der Waals surface area contributed by atoms with Crippen molar-refractivity contribution in [2.75, 3.05) is 5.32 Å². The Morgan fingerprint density at radius 2 is 2.05 bits per heavy atom. The number of nitrogens with one attached hydrogen (secondary N) is 1. The zero-order chi connectivity index (χ0) is 14.8. The van der Waals surface area contributed by atoms with Gasteiger partial charge in [0.15, 0.2) is 5.82 Å². The van der Waals surface area contributed by atoms with Crippen molar-refractivity contribution in [3.8, 4) is 0 Å². The van der Waals surface area contributed by atoms with E-state index in [1.807, 2.05) is 6.92 Å². The summed E-state index contributed by atoms with van der Waals surface area (Å²) in [6, 6.07) is 3.26. The molecule has 0 saturated heterocycles. The monoisotopic (exact) mass is 288 g/mol. The Balaban J connectivity index is 2.19. The lowest BCUT2D eigenvalue weighted by Gasteiger charge is -2.13. The van der Waals surface area contributed by atoms with Gasteiger partial charge in [0.05, 0.1) is 11.8 Å². The number of hydrogen-bond acceptors (Lipinski definition) is 3. The van der Waals surface area contributed by atoms with Crippen LogP contribution in [0.1, 0.15) is 18.1 Å². The largest absolute Gasteiger partial charge is 0.419 e. The van der Waals surface area contributed by atoms with E-state index < -0.39 is 17.6 Å². The lowest BCUT2D eigenvalue weighted by atomic mass is 10.1. The number of anilines is 1. The maximum absolute atomic E-state index is 13.4. The number of aromatic nitrogens is 3. The predicted molar refractivity (Wildman–Crippen MR) is 64.4 cm³/mol. The van der Waals surface area contributed by atoms with Gasteiger partial charge < -0.3 is 5.32 Å². The highest BCUT2D eigenvalue weighted by Gasteiger charge is 2.36. The van der Waals surface area contributed by atoms with Gasteiger partial charge >= 0.3 is 6.18 Å². The van der Waals surface area contributed by atoms with Crippen molar-refractivity contribution < 1.29 is 17.6 Å². The van der Waals surface area contributed by atoms with E-state index >= 15 is 0 Å². The molecule has 4 nitrogen and oxygen atoms in total. The van der Waals surface area contributed by atoms with E-state index in [2.05, 4.69) is 15.6 Å². The Morgan fingerprint density at radius 3 is 2.65 bits per heavy atom. The van der Waals surface area contributed by atoms with E-state index in [1.54, 1.807) is 6.20 Å². The summed E-state index contributed by atoms with van der Waals surface area (Å²) in [5.74, 6) is -0.946. The zero-order valence-corrected chi connectivity index (χ0v) is 10.6. The fraction of sp³-hybridized carbons (Fsp3) is 0.333. The topological polar surface area (TPSA) is 42.7 Å². The first kappa shape index (κ1) is 14.3. The van der Waals surface area contributed by atoms with E-state index in [1.165, 1.54) is 16.8 Å². The van der Waals surface area contributed by atoms with Crippen LogP contribution in [0, 0.1) is 5.82 Å². The Morgan fingerprint density at radius 1 is 1.30 bits per heavy atom. The summed E-state index contributed by atoms with van der Waals surface area (Å²) in [4.78, 5) is 0. The second-order valence-corrected chi connectivity index (χ2v) is 4.08. The van der Waals surface area contributed by atoms with Crippen molar-refractivity contribution >= 4 is 5.82 Å². The van der Waals surface area contributed by atoms with Gasteiger partial charge in [0.25, 0.3) is 0 Å². The van der Waals surface area contributed by atoms with Gasteiger partial charge in [-0.15, -0.1) is 5.10 Å². The van der Waals surface area contributed by atoms with E-state index in [0.717, 1.165) is 6.07 Å². The highest BCUT2D eigenvalue weighted by molar-refractivity contribution is 5.36. The molecule has 0 amide bonds. The Labute approximate surface area is 112 Å². The maximum Gasteiger partial charge on any atom is 0.419 e. The molecule has 0 spiro atoms. The summed E-state index contributed by atoms with van der Waals surface area (Å²) >= 11 is 0. The lowest BCUT2D eigenvalue weighted by Crippen LogP contribution is -2.14. The van der Waals surface area contributed by atoms with Crippen LogP contribution < -0.4 is 5.32 Å². The molecule has 2 aromatic rings. The third kappa shape index (κ3) is 3.06. The van der Waals surface area contributed by atoms with Crippen LogP contribution in [0.2, 0.25) is 0 Å². The van der Waals surface area contributed by atoms with Crippen LogP contribution >= 0.6 is 0 Å². The molecule has 1 N–H and O–H groups in total. The molecule has 2 rings (SSSR count). The van der Waals surface area contributed by atoms with E-state index in [4.69, 9.17) is 0 Å². The van der Waals surface area contributed by atoms with Crippen LogP contribution in [0.4, 0.5) is 23.4 Å². The van der Waals surface area contributed by atoms with Crippen LogP contribution in [0.3, 0.4) is 0 Å². The van der Waals surface area contributed by atoms with E-state index in [9.17, 15) is 17.6 Å². The van der Waals surface area contributed by atoms with Gasteiger partial charge in [-0.25, -0.2) is 4.39 Å². The molecule has 20 heavy (non-hydrogen) atoms. The number of nitrogens with zero attached hydrogens (tertiary/aromatic N) is 3. The molecule has 1 heterocycles. The molecule has 0 radical (unpaired) electrons. The van der Waals surface area contributed by atoms with Gasteiger partial charge in [0, 0.05) is 13.1 Å². The first-order valence-corrected chi connectivity index (χ1v) is 5.90. The molecule has 0 fully saturated rings. The summed E-state index contributed by atoms with van der Waals surface area (Å²) in [6.45, 7) is 2.27. The zero-order valence-electron chi connectivity index (χ0n) is 10.6. The van der Waals surface area contributed by atoms with Gasteiger partial charge in [0.1, 0.15) is 5.82 Å². The average Bonchev–Trinajstić information content (AvgIpc) is 2.82. The van der Waals surface area contributed by atoms with Crippen molar-refractivity contribution in [3.63, 3.8) is 0 Å². The average molecular weight is 288 g/mol. The molecule has 0 bridgehead atoms. The van der Waals surface area contributed by atoms with Crippen molar-refractivity contribution in [1.82, 2.24) is 15.0 Å². The normalized spacial score (nSPS) is 11.7. The quantitative estimate of drug-likeness (QED) is 0.879. The van der Waals surface area contributed by atoms with E-state index in [-0.39, 0.29) is 12.1 Å². The number of alkyl halides is 3. The third-order valence-corrected chi connectivity index (χ3v) is 2.71. The number of benzene rings is 1. The molecular weight excluding hydrogens is 276 g/mol. The van der Waals surface area contributed by atoms with Crippen LogP contribution in [0.25, 0.3) is 0 Å². The van der Waals surface area contributed by atoms with Crippen LogP contribution in [-0.2, 0) is 19.3 Å². The van der Waals surface area contributed by atoms with Crippen LogP contribution in [0.15, 0.2) is 24.4 Å². The Bertz CT molecular complexity index is 591. The van der Waals surface area contributed by atoms with Crippen molar-refractivity contribution in [2.24, 2.45) is 0 Å². The minimum Gasteiger partial charge on any atom is -0.363 e. The first-order valence-electron chi connectivity index (χ1n) is 5.90. The summed E-state index contributed by atoms with van der Waals surface area (Å²) in [5.41, 5.74) is -1.43. The molecule has 1 aromatic carbocycles. The minimum absolute atomic E-state index is 0.177. The van der Waals surface area contributed by atoms with Gasteiger partial charge in [-0.3, -0.25) is 4.68 Å². The molecule has 8 heteroatoms. The molecule has 1 aromatic heterocycles. The smallest absolute Gasteiger partial charge is 0.363 e. The fourth-order valence-electron chi connectivity index (χ4n) is 1.75. The number of aryl methyl sites for hydroxylation is 1. The summed E-state index contributed by atoms with van der Waals surface area (Å²) in [6.07, 6.45) is -3.17. The number of rotatable bonds is 4. The predicted octanol–water partition coefficient (Wildman–Crippen LogP) is 3.07. The van der Waals surface area contributed by atoms with Crippen molar-refractivity contribution in [3.05, 3.63) is 41.3 Å². The second kappa shape index (κ2) is 5.48. The van der Waals surface area contributed by atoms with Gasteiger partial charge in [-0.1, -0.05) is 17.3 Å². The first-order chi connectivity index (χ1) is 9.41. The highest BCUT2D eigenvalue weighted by atomic mass is 19.4. The molecule has 0 unspecified atom stereocenters. The van der Waals surface area contributed by atoms with Gasteiger partial charge in [-0.05, 0) is 18.6 Å². The SMILES string of the molecule is CCn1cc(NCc2cccc(F)c2C(F)(F)F)nn1. The van der Waals surface area contributed by atoms with Crippen molar-refractivity contribution in [1.29, 1.82) is 0 Å². The van der Waals surface area contributed by atoms with Crippen LogP contribution in [-0.4, -0.2) is 15.0 Å². The number of hydrogen-bond donors (Lipinski definition) is 1. The van der Waals surface area contributed by atoms with Gasteiger partial charge in [-0.2, -0.15) is 13.2 Å². The summed E-state index contributed by atoms with van der Waals surface area (Å²) in [5, 5.41) is 10.2. The molecule has 0 saturated carbocycles. The highest BCUT2D eigenvalue weighted by Crippen LogP contribution is 2.34. The molecule has 0 aliphatic rings. The Kier molecular flexibility index (Phi) is 3.91.